The Labute approximate surface area is 140 Å². The first-order chi connectivity index (χ1) is 11.6. The number of hydrogen-bond donors (Lipinski definition) is 3. The Kier molecular flexibility index (Phi) is 6.57. The molecule has 128 valence electrons. The molecule has 1 atom stereocenters. The van der Waals surface area contributed by atoms with Crippen LogP contribution < -0.4 is 15.4 Å². The van der Waals surface area contributed by atoms with Gasteiger partial charge < -0.3 is 20.5 Å². The maximum atomic E-state index is 14.2. The number of hydrogen-bond acceptors (Lipinski definition) is 3. The number of benzene rings is 2. The fourth-order valence-electron chi connectivity index (χ4n) is 2.10. The zero-order chi connectivity index (χ0) is 17.4. The normalized spacial score (nSPS) is 11.6. The van der Waals surface area contributed by atoms with Crippen LogP contribution in [-0.2, 0) is 0 Å². The van der Waals surface area contributed by atoms with Crippen LogP contribution in [0.25, 0.3) is 0 Å². The van der Waals surface area contributed by atoms with Crippen LogP contribution in [0, 0.1) is 5.82 Å². The summed E-state index contributed by atoms with van der Waals surface area (Å²) in [5.41, 5.74) is 0.630. The van der Waals surface area contributed by atoms with E-state index in [2.05, 4.69) is 10.6 Å². The largest absolute Gasteiger partial charge is 0.454 e. The molecule has 0 radical (unpaired) electrons. The van der Waals surface area contributed by atoms with E-state index in [-0.39, 0.29) is 24.4 Å². The lowest BCUT2D eigenvalue weighted by Gasteiger charge is -2.16. The number of nitrogens with one attached hydrogen (secondary N) is 2. The highest BCUT2D eigenvalue weighted by Crippen LogP contribution is 2.26. The molecular formula is C18H21FN2O3. The number of urea groups is 1. The Bertz CT molecular complexity index is 665. The van der Waals surface area contributed by atoms with Crippen LogP contribution in [0.3, 0.4) is 0 Å². The van der Waals surface area contributed by atoms with Gasteiger partial charge in [0.15, 0.2) is 11.6 Å². The molecule has 0 bridgehead atoms. The van der Waals surface area contributed by atoms with Crippen LogP contribution in [0.4, 0.5) is 9.18 Å². The van der Waals surface area contributed by atoms with Crippen molar-refractivity contribution in [3.63, 3.8) is 0 Å². The molecule has 1 unspecified atom stereocenters. The Morgan fingerprint density at radius 2 is 2.00 bits per heavy atom. The van der Waals surface area contributed by atoms with Crippen molar-refractivity contribution in [1.29, 1.82) is 0 Å². The summed E-state index contributed by atoms with van der Waals surface area (Å²) in [4.78, 5) is 11.7. The van der Waals surface area contributed by atoms with Gasteiger partial charge in [-0.25, -0.2) is 9.18 Å². The summed E-state index contributed by atoms with van der Waals surface area (Å²) in [6.45, 7) is 2.16. The van der Waals surface area contributed by atoms with E-state index in [0.29, 0.717) is 24.3 Å². The van der Waals surface area contributed by atoms with Crippen molar-refractivity contribution in [2.75, 3.05) is 13.2 Å². The minimum Gasteiger partial charge on any atom is -0.454 e. The van der Waals surface area contributed by atoms with Gasteiger partial charge in [0, 0.05) is 13.2 Å². The van der Waals surface area contributed by atoms with E-state index in [1.165, 1.54) is 6.07 Å². The second kappa shape index (κ2) is 8.88. The number of ether oxygens (including phenoxy) is 1. The topological polar surface area (TPSA) is 70.6 Å². The first-order valence-electron chi connectivity index (χ1n) is 7.77. The number of halogens is 1. The molecular weight excluding hydrogens is 311 g/mol. The summed E-state index contributed by atoms with van der Waals surface area (Å²) in [7, 11) is 0. The van der Waals surface area contributed by atoms with Gasteiger partial charge in [-0.15, -0.1) is 0 Å². The summed E-state index contributed by atoms with van der Waals surface area (Å²) in [6.07, 6.45) is 0.488. The van der Waals surface area contributed by atoms with Gasteiger partial charge in [-0.2, -0.15) is 0 Å². The Morgan fingerprint density at radius 3 is 2.67 bits per heavy atom. The number of rotatable bonds is 7. The van der Waals surface area contributed by atoms with Gasteiger partial charge in [-0.3, -0.25) is 0 Å². The fourth-order valence-corrected chi connectivity index (χ4v) is 2.10. The highest BCUT2D eigenvalue weighted by molar-refractivity contribution is 5.74. The molecule has 2 amide bonds. The third kappa shape index (κ3) is 5.24. The number of amides is 2. The first-order valence-corrected chi connectivity index (χ1v) is 7.77. The lowest BCUT2D eigenvalue weighted by molar-refractivity contribution is 0.235. The molecule has 2 aromatic rings. The van der Waals surface area contributed by atoms with Crippen molar-refractivity contribution in [1.82, 2.24) is 10.6 Å². The third-order valence-corrected chi connectivity index (χ3v) is 3.39. The number of carbonyl (C=O) groups is 1. The predicted molar refractivity (Wildman–Crippen MR) is 89.6 cm³/mol. The Balaban J connectivity index is 1.96. The molecule has 0 aliphatic rings. The van der Waals surface area contributed by atoms with E-state index in [1.807, 2.05) is 18.2 Å². The number of aliphatic hydroxyl groups is 1. The van der Waals surface area contributed by atoms with E-state index < -0.39 is 5.82 Å². The third-order valence-electron chi connectivity index (χ3n) is 3.39. The second-order valence-corrected chi connectivity index (χ2v) is 5.30. The maximum absolute atomic E-state index is 14.2. The molecule has 24 heavy (non-hydrogen) atoms. The van der Waals surface area contributed by atoms with Crippen molar-refractivity contribution < 1.29 is 19.0 Å². The highest BCUT2D eigenvalue weighted by atomic mass is 19.1. The van der Waals surface area contributed by atoms with Gasteiger partial charge >= 0.3 is 6.03 Å². The lowest BCUT2D eigenvalue weighted by Crippen LogP contribution is -2.37. The SMILES string of the molecule is CC(NC(=O)NCCCO)c1ccc(Oc2ccccc2)c(F)c1. The molecule has 6 heteroatoms. The van der Waals surface area contributed by atoms with Crippen molar-refractivity contribution in [3.05, 3.63) is 59.9 Å². The van der Waals surface area contributed by atoms with E-state index in [9.17, 15) is 9.18 Å². The molecule has 0 aromatic heterocycles. The summed E-state index contributed by atoms with van der Waals surface area (Å²) in [5, 5.41) is 14.0. The van der Waals surface area contributed by atoms with Crippen molar-refractivity contribution >= 4 is 6.03 Å². The predicted octanol–water partition coefficient (Wildman–Crippen LogP) is 3.36. The molecule has 0 fully saturated rings. The zero-order valence-corrected chi connectivity index (χ0v) is 13.5. The van der Waals surface area contributed by atoms with Gasteiger partial charge in [-0.05, 0) is 43.2 Å². The quantitative estimate of drug-likeness (QED) is 0.681. The summed E-state index contributed by atoms with van der Waals surface area (Å²) >= 11 is 0. The van der Waals surface area contributed by atoms with Crippen molar-refractivity contribution in [2.45, 2.75) is 19.4 Å². The average Bonchev–Trinajstić information content (AvgIpc) is 2.58. The van der Waals surface area contributed by atoms with Crippen LogP contribution >= 0.6 is 0 Å². The lowest BCUT2D eigenvalue weighted by atomic mass is 10.1. The molecule has 0 spiro atoms. The zero-order valence-electron chi connectivity index (χ0n) is 13.5. The van der Waals surface area contributed by atoms with E-state index in [1.54, 1.807) is 31.2 Å². The standard InChI is InChI=1S/C18H21FN2O3/c1-13(21-18(23)20-10-5-11-22)14-8-9-17(16(19)12-14)24-15-6-3-2-4-7-15/h2-4,6-9,12-13,22H,5,10-11H2,1H3,(H2,20,21,23). The number of carbonyl (C=O) groups excluding carboxylic acids is 1. The van der Waals surface area contributed by atoms with Crippen LogP contribution in [0.15, 0.2) is 48.5 Å². The molecule has 0 aliphatic carbocycles. The summed E-state index contributed by atoms with van der Waals surface area (Å²) in [5.74, 6) is 0.189. The molecule has 0 aliphatic heterocycles. The van der Waals surface area contributed by atoms with Crippen LogP contribution in [0.5, 0.6) is 11.5 Å². The molecule has 2 aromatic carbocycles. The van der Waals surface area contributed by atoms with E-state index in [4.69, 9.17) is 9.84 Å². The van der Waals surface area contributed by atoms with Crippen molar-refractivity contribution in [2.24, 2.45) is 0 Å². The molecule has 3 N–H and O–H groups in total. The molecule has 0 saturated carbocycles. The minimum atomic E-state index is -0.495. The number of para-hydroxylation sites is 1. The van der Waals surface area contributed by atoms with Gasteiger partial charge in [-0.1, -0.05) is 24.3 Å². The maximum Gasteiger partial charge on any atom is 0.315 e. The smallest absolute Gasteiger partial charge is 0.315 e. The fraction of sp³-hybridized carbons (Fsp3) is 0.278. The highest BCUT2D eigenvalue weighted by Gasteiger charge is 2.12. The minimum absolute atomic E-state index is 0.0178. The van der Waals surface area contributed by atoms with Gasteiger partial charge in [0.05, 0.1) is 6.04 Å². The van der Waals surface area contributed by atoms with Gasteiger partial charge in [0.1, 0.15) is 5.75 Å². The van der Waals surface area contributed by atoms with E-state index in [0.717, 1.165) is 0 Å². The summed E-state index contributed by atoms with van der Waals surface area (Å²) < 4.78 is 19.7. The van der Waals surface area contributed by atoms with Gasteiger partial charge in [0.25, 0.3) is 0 Å². The average molecular weight is 332 g/mol. The molecule has 0 saturated heterocycles. The Hall–Kier alpha value is -2.60. The van der Waals surface area contributed by atoms with E-state index >= 15 is 0 Å². The summed E-state index contributed by atoms with van der Waals surface area (Å²) in [6, 6.07) is 12.8. The number of aliphatic hydroxyl groups excluding tert-OH is 1. The second-order valence-electron chi connectivity index (χ2n) is 5.30. The van der Waals surface area contributed by atoms with Gasteiger partial charge in [0.2, 0.25) is 0 Å². The van der Waals surface area contributed by atoms with Crippen molar-refractivity contribution in [3.8, 4) is 11.5 Å². The molecule has 2 rings (SSSR count). The Morgan fingerprint density at radius 1 is 1.25 bits per heavy atom. The monoisotopic (exact) mass is 332 g/mol. The first kappa shape index (κ1) is 17.7. The van der Waals surface area contributed by atoms with Crippen LogP contribution in [0.2, 0.25) is 0 Å². The molecule has 0 heterocycles. The van der Waals surface area contributed by atoms with Crippen LogP contribution in [0.1, 0.15) is 24.9 Å². The molecule has 5 nitrogen and oxygen atoms in total. The van der Waals surface area contributed by atoms with Crippen LogP contribution in [-0.4, -0.2) is 24.3 Å².